The van der Waals surface area contributed by atoms with E-state index in [2.05, 4.69) is 4.99 Å². The Morgan fingerprint density at radius 2 is 1.91 bits per heavy atom. The molecule has 0 fully saturated rings. The van der Waals surface area contributed by atoms with E-state index in [1.807, 2.05) is 56.3 Å². The Labute approximate surface area is 130 Å². The summed E-state index contributed by atoms with van der Waals surface area (Å²) in [5.41, 5.74) is 1.50. The van der Waals surface area contributed by atoms with Crippen LogP contribution in [0.4, 0.5) is 0 Å². The Balaban J connectivity index is 2.32. The maximum Gasteiger partial charge on any atom is 0.256 e. The molecule has 0 radical (unpaired) electrons. The molecule has 0 aliphatic heterocycles. The first kappa shape index (κ1) is 15.8. The van der Waals surface area contributed by atoms with Crippen LogP contribution in [0.15, 0.2) is 59.7 Å². The van der Waals surface area contributed by atoms with Gasteiger partial charge >= 0.3 is 0 Å². The molecule has 22 heavy (non-hydrogen) atoms. The molecule has 0 amide bonds. The van der Waals surface area contributed by atoms with E-state index in [1.165, 1.54) is 10.6 Å². The van der Waals surface area contributed by atoms with Crippen LogP contribution in [0.5, 0.6) is 5.75 Å². The summed E-state index contributed by atoms with van der Waals surface area (Å²) in [6, 6.07) is 13.2. The number of benzene rings is 1. The highest BCUT2D eigenvalue weighted by Crippen LogP contribution is 2.18. The van der Waals surface area contributed by atoms with Crippen LogP contribution in [0.1, 0.15) is 24.2 Å². The smallest absolute Gasteiger partial charge is 0.256 e. The van der Waals surface area contributed by atoms with Crippen molar-refractivity contribution < 1.29 is 9.53 Å². The molecule has 0 unspecified atom stereocenters. The topological polar surface area (TPSA) is 43.6 Å². The molecule has 2 rings (SSSR count). The van der Waals surface area contributed by atoms with Crippen LogP contribution in [-0.2, 0) is 0 Å². The number of hydrogen-bond donors (Lipinski definition) is 0. The third-order valence-corrected chi connectivity index (χ3v) is 3.01. The number of carbonyl (C=O) groups is 1. The Kier molecular flexibility index (Phi) is 5.31. The van der Waals surface area contributed by atoms with E-state index < -0.39 is 0 Å². The predicted molar refractivity (Wildman–Crippen MR) is 87.8 cm³/mol. The molecule has 4 nitrogen and oxygen atoms in total. The number of nitrogens with zero attached hydrogens (tertiary/aromatic N) is 2. The van der Waals surface area contributed by atoms with Gasteiger partial charge in [0.25, 0.3) is 5.91 Å². The van der Waals surface area contributed by atoms with Gasteiger partial charge in [-0.1, -0.05) is 24.3 Å². The third kappa shape index (κ3) is 3.95. The second kappa shape index (κ2) is 7.41. The summed E-state index contributed by atoms with van der Waals surface area (Å²) < 4.78 is 6.81. The molecule has 0 aliphatic carbocycles. The molecule has 0 atom stereocenters. The second-order valence-electron chi connectivity index (χ2n) is 5.07. The third-order valence-electron chi connectivity index (χ3n) is 3.01. The first-order valence-corrected chi connectivity index (χ1v) is 7.19. The van der Waals surface area contributed by atoms with E-state index in [0.29, 0.717) is 5.49 Å². The molecule has 4 heteroatoms. The van der Waals surface area contributed by atoms with Crippen LogP contribution in [-0.4, -0.2) is 23.6 Å². The number of para-hydroxylation sites is 1. The lowest BCUT2D eigenvalue weighted by atomic mass is 10.2. The number of pyridine rings is 1. The lowest BCUT2D eigenvalue weighted by Crippen LogP contribution is -2.26. The van der Waals surface area contributed by atoms with Crippen molar-refractivity contribution in [1.29, 1.82) is 0 Å². The van der Waals surface area contributed by atoms with E-state index in [9.17, 15) is 4.79 Å². The van der Waals surface area contributed by atoms with E-state index in [-0.39, 0.29) is 11.9 Å². The van der Waals surface area contributed by atoms with E-state index in [0.717, 1.165) is 11.3 Å². The molecule has 0 saturated carbocycles. The average Bonchev–Trinajstić information content (AvgIpc) is 2.52. The summed E-state index contributed by atoms with van der Waals surface area (Å²) >= 11 is 0. The molecule has 0 spiro atoms. The highest BCUT2D eigenvalue weighted by molar-refractivity contribution is 5.93. The zero-order chi connectivity index (χ0) is 15.9. The van der Waals surface area contributed by atoms with E-state index >= 15 is 0 Å². The van der Waals surface area contributed by atoms with Gasteiger partial charge in [-0.15, -0.1) is 0 Å². The van der Waals surface area contributed by atoms with Crippen molar-refractivity contribution in [2.75, 3.05) is 7.11 Å². The van der Waals surface area contributed by atoms with Crippen LogP contribution >= 0.6 is 0 Å². The van der Waals surface area contributed by atoms with Crippen LogP contribution in [0.3, 0.4) is 0 Å². The van der Waals surface area contributed by atoms with Gasteiger partial charge in [-0.2, -0.15) is 0 Å². The number of allylic oxidation sites excluding steroid dienone is 1. The van der Waals surface area contributed by atoms with Gasteiger partial charge in [0.1, 0.15) is 11.2 Å². The van der Waals surface area contributed by atoms with Crippen molar-refractivity contribution in [3.8, 4) is 5.75 Å². The summed E-state index contributed by atoms with van der Waals surface area (Å²) in [6.45, 7) is 3.96. The molecule has 2 aromatic rings. The SMILES string of the molecule is COc1ccccc1/C=C/C(=O)n1ccccc1=NC(C)C. The standard InChI is InChI=1S/C18H20N2O2/c1-14(2)19-17-10-6-7-13-20(17)18(21)12-11-15-8-4-5-9-16(15)22-3/h4-14H,1-3H3/b12-11+,19-17?. The molecule has 1 heterocycles. The molecular formula is C18H20N2O2. The van der Waals surface area contributed by atoms with Crippen LogP contribution in [0, 0.1) is 0 Å². The zero-order valence-corrected chi connectivity index (χ0v) is 13.1. The van der Waals surface area contributed by atoms with Crippen molar-refractivity contribution in [3.05, 3.63) is 65.8 Å². The monoisotopic (exact) mass is 296 g/mol. The van der Waals surface area contributed by atoms with E-state index in [4.69, 9.17) is 4.74 Å². The van der Waals surface area contributed by atoms with E-state index in [1.54, 1.807) is 19.4 Å². The van der Waals surface area contributed by atoms with Gasteiger partial charge < -0.3 is 4.74 Å². The Hall–Kier alpha value is -2.62. The number of ether oxygens (including phenoxy) is 1. The minimum Gasteiger partial charge on any atom is -0.496 e. The van der Waals surface area contributed by atoms with Crippen molar-refractivity contribution in [2.45, 2.75) is 19.9 Å². The molecule has 114 valence electrons. The molecule has 1 aromatic heterocycles. The van der Waals surface area contributed by atoms with Gasteiger partial charge in [-0.05, 0) is 38.1 Å². The molecule has 0 saturated heterocycles. The van der Waals surface area contributed by atoms with Crippen molar-refractivity contribution in [3.63, 3.8) is 0 Å². The number of hydrogen-bond acceptors (Lipinski definition) is 3. The predicted octanol–water partition coefficient (Wildman–Crippen LogP) is 3.16. The van der Waals surface area contributed by atoms with Gasteiger partial charge in [0.15, 0.2) is 0 Å². The quantitative estimate of drug-likeness (QED) is 0.813. The fraction of sp³-hybridized carbons (Fsp3) is 0.222. The van der Waals surface area contributed by atoms with Gasteiger partial charge in [-0.25, -0.2) is 0 Å². The lowest BCUT2D eigenvalue weighted by Gasteiger charge is -2.05. The fourth-order valence-electron chi connectivity index (χ4n) is 2.04. The van der Waals surface area contributed by atoms with Gasteiger partial charge in [0.2, 0.25) is 0 Å². The number of rotatable bonds is 4. The minimum absolute atomic E-state index is 0.125. The minimum atomic E-state index is -0.147. The first-order valence-electron chi connectivity index (χ1n) is 7.19. The molecule has 0 bridgehead atoms. The van der Waals surface area contributed by atoms with Gasteiger partial charge in [-0.3, -0.25) is 14.4 Å². The number of aromatic nitrogens is 1. The lowest BCUT2D eigenvalue weighted by molar-refractivity contribution is 0.0964. The van der Waals surface area contributed by atoms with Gasteiger partial charge in [0.05, 0.1) is 7.11 Å². The summed E-state index contributed by atoms with van der Waals surface area (Å²) in [5, 5.41) is 0. The van der Waals surface area contributed by atoms with Gasteiger partial charge in [0, 0.05) is 23.9 Å². The average molecular weight is 296 g/mol. The Morgan fingerprint density at radius 3 is 2.64 bits per heavy atom. The largest absolute Gasteiger partial charge is 0.496 e. The summed E-state index contributed by atoms with van der Waals surface area (Å²) in [6.07, 6.45) is 4.99. The number of carbonyl (C=O) groups excluding carboxylic acids is 1. The van der Waals surface area contributed by atoms with Crippen molar-refractivity contribution in [2.24, 2.45) is 4.99 Å². The fourth-order valence-corrected chi connectivity index (χ4v) is 2.04. The first-order chi connectivity index (χ1) is 10.6. The molecule has 0 aliphatic rings. The summed E-state index contributed by atoms with van der Waals surface area (Å²) in [7, 11) is 1.61. The zero-order valence-electron chi connectivity index (χ0n) is 13.1. The number of methoxy groups -OCH3 is 1. The maximum atomic E-state index is 12.4. The normalized spacial score (nSPS) is 12.1. The molecule has 0 N–H and O–H groups in total. The van der Waals surface area contributed by atoms with Crippen molar-refractivity contribution in [1.82, 2.24) is 4.57 Å². The molecular weight excluding hydrogens is 276 g/mol. The van der Waals surface area contributed by atoms with Crippen LogP contribution in [0.2, 0.25) is 0 Å². The highest BCUT2D eigenvalue weighted by atomic mass is 16.5. The summed E-state index contributed by atoms with van der Waals surface area (Å²) in [5.74, 6) is 0.586. The second-order valence-corrected chi connectivity index (χ2v) is 5.07. The van der Waals surface area contributed by atoms with Crippen LogP contribution < -0.4 is 10.2 Å². The Morgan fingerprint density at radius 1 is 1.18 bits per heavy atom. The Bertz CT molecular complexity index is 743. The maximum absolute atomic E-state index is 12.4. The highest BCUT2D eigenvalue weighted by Gasteiger charge is 2.03. The summed E-state index contributed by atoms with van der Waals surface area (Å²) in [4.78, 5) is 16.8. The molecule has 1 aromatic carbocycles. The van der Waals surface area contributed by atoms with Crippen molar-refractivity contribution >= 4 is 12.0 Å². The van der Waals surface area contributed by atoms with Crippen LogP contribution in [0.25, 0.3) is 6.08 Å².